The summed E-state index contributed by atoms with van der Waals surface area (Å²) in [5, 5.41) is 0. The van der Waals surface area contributed by atoms with Gasteiger partial charge in [-0.25, -0.2) is 0 Å². The molecule has 0 aromatic rings. The minimum Gasteiger partial charge on any atom is -0.501 e. The predicted molar refractivity (Wildman–Crippen MR) is 87.7 cm³/mol. The van der Waals surface area contributed by atoms with Crippen molar-refractivity contribution in [1.82, 2.24) is 0 Å². The summed E-state index contributed by atoms with van der Waals surface area (Å²) < 4.78 is 11.1. The normalized spacial score (nSPS) is 10.0. The molecule has 20 heavy (non-hydrogen) atoms. The zero-order valence-electron chi connectivity index (χ0n) is 14.0. The van der Waals surface area contributed by atoms with E-state index >= 15 is 0 Å². The van der Waals surface area contributed by atoms with Crippen molar-refractivity contribution >= 4 is 0 Å². The maximum atomic E-state index is 5.56. The van der Waals surface area contributed by atoms with E-state index in [4.69, 9.17) is 9.47 Å². The molecule has 2 nitrogen and oxygen atoms in total. The summed E-state index contributed by atoms with van der Waals surface area (Å²) in [7, 11) is 0. The fourth-order valence-corrected chi connectivity index (χ4v) is 1.91. The number of hydrogen-bond acceptors (Lipinski definition) is 2. The molecule has 0 heterocycles. The van der Waals surface area contributed by atoms with Gasteiger partial charge in [0.25, 0.3) is 0 Å². The Morgan fingerprint density at radius 2 is 0.950 bits per heavy atom. The first-order chi connectivity index (χ1) is 9.78. The largest absolute Gasteiger partial charge is 0.501 e. The topological polar surface area (TPSA) is 18.5 Å². The molecule has 0 unspecified atom stereocenters. The molecule has 0 saturated carbocycles. The lowest BCUT2D eigenvalue weighted by atomic mass is 10.2. The monoisotopic (exact) mass is 282 g/mol. The molecule has 0 saturated heterocycles. The molecule has 0 rings (SSSR count). The van der Waals surface area contributed by atoms with Crippen molar-refractivity contribution in [2.45, 2.75) is 79.1 Å². The van der Waals surface area contributed by atoms with Crippen LogP contribution < -0.4 is 0 Å². The first-order valence-corrected chi connectivity index (χ1v) is 8.37. The SMILES string of the molecule is CCC(=COCCCCCCOC=C(CC)CC)CC. The Labute approximate surface area is 126 Å². The van der Waals surface area contributed by atoms with Crippen LogP contribution in [0, 0.1) is 0 Å². The Kier molecular flexibility index (Phi) is 13.8. The van der Waals surface area contributed by atoms with Crippen LogP contribution in [-0.2, 0) is 9.47 Å². The van der Waals surface area contributed by atoms with Crippen molar-refractivity contribution in [3.8, 4) is 0 Å². The van der Waals surface area contributed by atoms with Gasteiger partial charge in [-0.3, -0.25) is 0 Å². The second-order valence-electron chi connectivity index (χ2n) is 5.12. The number of allylic oxidation sites excluding steroid dienone is 2. The van der Waals surface area contributed by atoms with Crippen molar-refractivity contribution < 1.29 is 9.47 Å². The Balaban J connectivity index is 3.37. The Morgan fingerprint density at radius 3 is 1.25 bits per heavy atom. The van der Waals surface area contributed by atoms with E-state index in [1.54, 1.807) is 0 Å². The molecule has 0 bridgehead atoms. The summed E-state index contributed by atoms with van der Waals surface area (Å²) >= 11 is 0. The van der Waals surface area contributed by atoms with E-state index in [-0.39, 0.29) is 0 Å². The van der Waals surface area contributed by atoms with Gasteiger partial charge in [0.1, 0.15) is 0 Å². The number of rotatable bonds is 13. The summed E-state index contributed by atoms with van der Waals surface area (Å²) in [5.74, 6) is 0. The van der Waals surface area contributed by atoms with Crippen LogP contribution in [0.3, 0.4) is 0 Å². The molecule has 0 aliphatic heterocycles. The van der Waals surface area contributed by atoms with E-state index < -0.39 is 0 Å². The minimum absolute atomic E-state index is 0.847. The average Bonchev–Trinajstić information content (AvgIpc) is 2.49. The third-order valence-electron chi connectivity index (χ3n) is 3.59. The van der Waals surface area contributed by atoms with Crippen LogP contribution in [0.5, 0.6) is 0 Å². The third kappa shape index (κ3) is 11.0. The fraction of sp³-hybridized carbons (Fsp3) is 0.778. The van der Waals surface area contributed by atoms with Crippen LogP contribution in [0.2, 0.25) is 0 Å². The van der Waals surface area contributed by atoms with E-state index in [0.717, 1.165) is 51.7 Å². The van der Waals surface area contributed by atoms with E-state index in [9.17, 15) is 0 Å². The highest BCUT2D eigenvalue weighted by Gasteiger charge is 1.93. The molecule has 0 N–H and O–H groups in total. The maximum absolute atomic E-state index is 5.56. The third-order valence-corrected chi connectivity index (χ3v) is 3.59. The molecule has 0 aromatic carbocycles. The highest BCUT2D eigenvalue weighted by Crippen LogP contribution is 2.08. The Morgan fingerprint density at radius 1 is 0.600 bits per heavy atom. The van der Waals surface area contributed by atoms with E-state index in [1.807, 2.05) is 12.5 Å². The van der Waals surface area contributed by atoms with Gasteiger partial charge in [0.2, 0.25) is 0 Å². The molecule has 0 aliphatic rings. The van der Waals surface area contributed by atoms with Crippen LogP contribution >= 0.6 is 0 Å². The summed E-state index contributed by atoms with van der Waals surface area (Å²) in [6, 6.07) is 0. The molecule has 0 amide bonds. The van der Waals surface area contributed by atoms with Gasteiger partial charge in [0, 0.05) is 0 Å². The highest BCUT2D eigenvalue weighted by molar-refractivity contribution is 4.95. The van der Waals surface area contributed by atoms with Crippen molar-refractivity contribution in [2.24, 2.45) is 0 Å². The summed E-state index contributed by atoms with van der Waals surface area (Å²) in [5.41, 5.74) is 2.79. The zero-order chi connectivity index (χ0) is 15.1. The standard InChI is InChI=1S/C18H34O2/c1-5-17(6-2)15-19-13-11-9-10-12-14-20-16-18(7-3)8-4/h15-16H,5-14H2,1-4H3. The molecule has 0 spiro atoms. The van der Waals surface area contributed by atoms with E-state index in [2.05, 4.69) is 27.7 Å². The van der Waals surface area contributed by atoms with Crippen molar-refractivity contribution in [2.75, 3.05) is 13.2 Å². The van der Waals surface area contributed by atoms with Crippen molar-refractivity contribution in [3.63, 3.8) is 0 Å². The first kappa shape index (κ1) is 19.1. The van der Waals surface area contributed by atoms with Crippen LogP contribution in [-0.4, -0.2) is 13.2 Å². The molecule has 118 valence electrons. The quantitative estimate of drug-likeness (QED) is 0.305. The Hall–Kier alpha value is -0.920. The summed E-state index contributed by atoms with van der Waals surface area (Å²) in [4.78, 5) is 0. The maximum Gasteiger partial charge on any atom is 0.0873 e. The van der Waals surface area contributed by atoms with Crippen LogP contribution in [0.4, 0.5) is 0 Å². The van der Waals surface area contributed by atoms with Crippen molar-refractivity contribution in [3.05, 3.63) is 23.7 Å². The second kappa shape index (κ2) is 14.5. The molecular formula is C18H34O2. The van der Waals surface area contributed by atoms with Gasteiger partial charge in [-0.15, -0.1) is 0 Å². The molecule has 0 aromatic heterocycles. The molecular weight excluding hydrogens is 248 g/mol. The van der Waals surface area contributed by atoms with E-state index in [1.165, 1.54) is 24.0 Å². The first-order valence-electron chi connectivity index (χ1n) is 8.37. The summed E-state index contributed by atoms with van der Waals surface area (Å²) in [6.07, 6.45) is 13.0. The van der Waals surface area contributed by atoms with Crippen LogP contribution in [0.25, 0.3) is 0 Å². The van der Waals surface area contributed by atoms with Gasteiger partial charge in [0.15, 0.2) is 0 Å². The van der Waals surface area contributed by atoms with Crippen LogP contribution in [0.1, 0.15) is 79.1 Å². The summed E-state index contributed by atoms with van der Waals surface area (Å²) in [6.45, 7) is 10.4. The smallest absolute Gasteiger partial charge is 0.0873 e. The highest BCUT2D eigenvalue weighted by atomic mass is 16.5. The lowest BCUT2D eigenvalue weighted by Gasteiger charge is -2.05. The van der Waals surface area contributed by atoms with Gasteiger partial charge < -0.3 is 9.47 Å². The Bertz CT molecular complexity index is 227. The number of unbranched alkanes of at least 4 members (excludes halogenated alkanes) is 3. The van der Waals surface area contributed by atoms with Gasteiger partial charge >= 0.3 is 0 Å². The zero-order valence-corrected chi connectivity index (χ0v) is 14.0. The molecule has 0 atom stereocenters. The minimum atomic E-state index is 0.847. The van der Waals surface area contributed by atoms with Gasteiger partial charge in [-0.05, 0) is 62.5 Å². The number of hydrogen-bond donors (Lipinski definition) is 0. The number of ether oxygens (including phenoxy) is 2. The van der Waals surface area contributed by atoms with Gasteiger partial charge in [0.05, 0.1) is 25.7 Å². The van der Waals surface area contributed by atoms with E-state index in [0.29, 0.717) is 0 Å². The van der Waals surface area contributed by atoms with Crippen molar-refractivity contribution in [1.29, 1.82) is 0 Å². The lowest BCUT2D eigenvalue weighted by molar-refractivity contribution is 0.223. The fourth-order valence-electron chi connectivity index (χ4n) is 1.91. The molecule has 0 fully saturated rings. The molecule has 0 radical (unpaired) electrons. The van der Waals surface area contributed by atoms with Gasteiger partial charge in [-0.2, -0.15) is 0 Å². The lowest BCUT2D eigenvalue weighted by Crippen LogP contribution is -1.93. The second-order valence-corrected chi connectivity index (χ2v) is 5.12. The molecule has 2 heteroatoms. The average molecular weight is 282 g/mol. The predicted octanol–water partition coefficient (Wildman–Crippen LogP) is 5.99. The molecule has 0 aliphatic carbocycles. The van der Waals surface area contributed by atoms with Crippen LogP contribution in [0.15, 0.2) is 23.7 Å². The van der Waals surface area contributed by atoms with Gasteiger partial charge in [-0.1, -0.05) is 27.7 Å².